The van der Waals surface area contributed by atoms with Crippen molar-refractivity contribution in [3.8, 4) is 17.2 Å². The molecule has 4 rings (SSSR count). The molecule has 0 radical (unpaired) electrons. The van der Waals surface area contributed by atoms with Crippen molar-refractivity contribution in [1.82, 2.24) is 29.7 Å². The molecular formula is C14H10N6. The van der Waals surface area contributed by atoms with Gasteiger partial charge in [0.25, 0.3) is 0 Å². The number of rotatable bonds is 2. The van der Waals surface area contributed by atoms with Crippen molar-refractivity contribution in [2.45, 2.75) is 0 Å². The second-order valence-electron chi connectivity index (χ2n) is 4.36. The summed E-state index contributed by atoms with van der Waals surface area (Å²) in [5.41, 5.74) is 2.79. The molecule has 96 valence electrons. The first kappa shape index (κ1) is 10.9. The molecule has 4 heterocycles. The maximum Gasteiger partial charge on any atom is 0.234 e. The van der Waals surface area contributed by atoms with E-state index in [4.69, 9.17) is 0 Å². The molecule has 0 amide bonds. The lowest BCUT2D eigenvalue weighted by molar-refractivity contribution is 0.959. The molecule has 4 aromatic heterocycles. The number of H-pyrrole nitrogens is 1. The van der Waals surface area contributed by atoms with Crippen LogP contribution in [0.1, 0.15) is 0 Å². The van der Waals surface area contributed by atoms with Crippen LogP contribution in [0.5, 0.6) is 0 Å². The summed E-state index contributed by atoms with van der Waals surface area (Å²) in [4.78, 5) is 12.9. The summed E-state index contributed by atoms with van der Waals surface area (Å²) in [5, 5.41) is 7.92. The number of aromatic amines is 1. The summed E-state index contributed by atoms with van der Waals surface area (Å²) in [6, 6.07) is 5.86. The average molecular weight is 262 g/mol. The second kappa shape index (κ2) is 4.27. The lowest BCUT2D eigenvalue weighted by Crippen LogP contribution is -1.99. The Morgan fingerprint density at radius 2 is 1.85 bits per heavy atom. The molecule has 6 heteroatoms. The minimum atomic E-state index is 0.622. The standard InChI is InChI=1S/C14H10N6/c1-4-15-9-13-10(1)3-6-20(13)14-16-7-11(8-17-14)12-2-5-18-19-12/h1-9H,(H,18,19). The Hall–Kier alpha value is -3.02. The predicted molar refractivity (Wildman–Crippen MR) is 74.2 cm³/mol. The molecule has 0 aliphatic rings. The number of fused-ring (bicyclic) bond motifs is 1. The monoisotopic (exact) mass is 262 g/mol. The summed E-state index contributed by atoms with van der Waals surface area (Å²) >= 11 is 0. The Labute approximate surface area is 114 Å². The largest absolute Gasteiger partial charge is 0.284 e. The SMILES string of the molecule is c1cc2ccn(-c3ncc(-c4ccn[nH]4)cn3)c2cn1. The van der Waals surface area contributed by atoms with Gasteiger partial charge in [0.2, 0.25) is 5.95 Å². The number of hydrogen-bond donors (Lipinski definition) is 1. The number of nitrogens with zero attached hydrogens (tertiary/aromatic N) is 5. The molecule has 20 heavy (non-hydrogen) atoms. The highest BCUT2D eigenvalue weighted by Gasteiger charge is 2.06. The van der Waals surface area contributed by atoms with Crippen LogP contribution in [0.25, 0.3) is 28.1 Å². The summed E-state index contributed by atoms with van der Waals surface area (Å²) in [5.74, 6) is 0.622. The number of pyridine rings is 1. The molecule has 0 aromatic carbocycles. The third-order valence-electron chi connectivity index (χ3n) is 3.16. The van der Waals surface area contributed by atoms with E-state index in [1.165, 1.54) is 0 Å². The van der Waals surface area contributed by atoms with Gasteiger partial charge in [-0.25, -0.2) is 9.97 Å². The van der Waals surface area contributed by atoms with Crippen molar-refractivity contribution in [1.29, 1.82) is 0 Å². The van der Waals surface area contributed by atoms with Gasteiger partial charge in [0.05, 0.1) is 17.4 Å². The fourth-order valence-electron chi connectivity index (χ4n) is 2.15. The second-order valence-corrected chi connectivity index (χ2v) is 4.36. The van der Waals surface area contributed by atoms with Crippen molar-refractivity contribution in [2.75, 3.05) is 0 Å². The minimum absolute atomic E-state index is 0.622. The van der Waals surface area contributed by atoms with Crippen molar-refractivity contribution in [2.24, 2.45) is 0 Å². The van der Waals surface area contributed by atoms with E-state index in [2.05, 4.69) is 25.1 Å². The molecule has 0 aliphatic heterocycles. The van der Waals surface area contributed by atoms with Crippen molar-refractivity contribution in [3.63, 3.8) is 0 Å². The molecule has 0 saturated heterocycles. The van der Waals surface area contributed by atoms with Crippen molar-refractivity contribution >= 4 is 10.9 Å². The Balaban J connectivity index is 1.79. The summed E-state index contributed by atoms with van der Waals surface area (Å²) in [6.45, 7) is 0. The predicted octanol–water partition coefficient (Wildman–Crippen LogP) is 2.21. The van der Waals surface area contributed by atoms with E-state index < -0.39 is 0 Å². The molecular weight excluding hydrogens is 252 g/mol. The molecule has 0 saturated carbocycles. The summed E-state index contributed by atoms with van der Waals surface area (Å²) in [7, 11) is 0. The molecule has 0 bridgehead atoms. The zero-order valence-electron chi connectivity index (χ0n) is 10.4. The number of aromatic nitrogens is 6. The first-order chi connectivity index (χ1) is 9.92. The first-order valence-corrected chi connectivity index (χ1v) is 6.15. The lowest BCUT2D eigenvalue weighted by Gasteiger charge is -2.03. The lowest BCUT2D eigenvalue weighted by atomic mass is 10.2. The van der Waals surface area contributed by atoms with Gasteiger partial charge in [-0.2, -0.15) is 5.10 Å². The van der Waals surface area contributed by atoms with Gasteiger partial charge in [0, 0.05) is 41.9 Å². The van der Waals surface area contributed by atoms with E-state index in [0.717, 1.165) is 22.2 Å². The molecule has 0 fully saturated rings. The molecule has 1 N–H and O–H groups in total. The molecule has 0 atom stereocenters. The third kappa shape index (κ3) is 1.66. The third-order valence-corrected chi connectivity index (χ3v) is 3.16. The van der Waals surface area contributed by atoms with Gasteiger partial charge < -0.3 is 0 Å². The summed E-state index contributed by atoms with van der Waals surface area (Å²) in [6.07, 6.45) is 10.8. The van der Waals surface area contributed by atoms with Crippen LogP contribution in [0.2, 0.25) is 0 Å². The van der Waals surface area contributed by atoms with Crippen LogP contribution in [0.4, 0.5) is 0 Å². The van der Waals surface area contributed by atoms with Crippen LogP contribution in [0, 0.1) is 0 Å². The van der Waals surface area contributed by atoms with Crippen molar-refractivity contribution < 1.29 is 0 Å². The van der Waals surface area contributed by atoms with Gasteiger partial charge in [0.15, 0.2) is 0 Å². The average Bonchev–Trinajstić information content (AvgIpc) is 3.17. The van der Waals surface area contributed by atoms with Crippen LogP contribution in [0.15, 0.2) is 55.4 Å². The number of nitrogens with one attached hydrogen (secondary N) is 1. The van der Waals surface area contributed by atoms with E-state index in [1.54, 1.807) is 24.8 Å². The van der Waals surface area contributed by atoms with E-state index in [-0.39, 0.29) is 0 Å². The van der Waals surface area contributed by atoms with Crippen LogP contribution in [-0.4, -0.2) is 29.7 Å². The van der Waals surface area contributed by atoms with Gasteiger partial charge in [-0.3, -0.25) is 14.6 Å². The van der Waals surface area contributed by atoms with Gasteiger partial charge in [-0.1, -0.05) is 0 Å². The van der Waals surface area contributed by atoms with Gasteiger partial charge in [-0.05, 0) is 18.2 Å². The Morgan fingerprint density at radius 1 is 0.950 bits per heavy atom. The quantitative estimate of drug-likeness (QED) is 0.601. The highest BCUT2D eigenvalue weighted by molar-refractivity contribution is 5.80. The topological polar surface area (TPSA) is 72.3 Å². The van der Waals surface area contributed by atoms with Gasteiger partial charge in [0.1, 0.15) is 0 Å². The molecule has 0 spiro atoms. The fourth-order valence-corrected chi connectivity index (χ4v) is 2.15. The van der Waals surface area contributed by atoms with Crippen LogP contribution >= 0.6 is 0 Å². The molecule has 6 nitrogen and oxygen atoms in total. The normalized spacial score (nSPS) is 11.0. The zero-order valence-corrected chi connectivity index (χ0v) is 10.4. The minimum Gasteiger partial charge on any atom is -0.284 e. The van der Waals surface area contributed by atoms with Crippen molar-refractivity contribution in [3.05, 3.63) is 55.4 Å². The number of hydrogen-bond acceptors (Lipinski definition) is 4. The van der Waals surface area contributed by atoms with E-state index in [0.29, 0.717) is 5.95 Å². The first-order valence-electron chi connectivity index (χ1n) is 6.15. The van der Waals surface area contributed by atoms with E-state index >= 15 is 0 Å². The molecule has 0 unspecified atom stereocenters. The van der Waals surface area contributed by atoms with E-state index in [9.17, 15) is 0 Å². The van der Waals surface area contributed by atoms with Gasteiger partial charge in [-0.15, -0.1) is 0 Å². The Kier molecular flexibility index (Phi) is 2.32. The maximum atomic E-state index is 4.40. The fraction of sp³-hybridized carbons (Fsp3) is 0. The molecule has 0 aliphatic carbocycles. The Morgan fingerprint density at radius 3 is 2.65 bits per heavy atom. The maximum absolute atomic E-state index is 4.40. The highest BCUT2D eigenvalue weighted by atomic mass is 15.1. The highest BCUT2D eigenvalue weighted by Crippen LogP contribution is 2.18. The van der Waals surface area contributed by atoms with E-state index in [1.807, 2.05) is 35.2 Å². The Bertz CT molecular complexity index is 845. The van der Waals surface area contributed by atoms with Crippen LogP contribution in [0.3, 0.4) is 0 Å². The molecule has 4 aromatic rings. The van der Waals surface area contributed by atoms with Crippen LogP contribution < -0.4 is 0 Å². The zero-order chi connectivity index (χ0) is 13.4. The smallest absolute Gasteiger partial charge is 0.234 e. The van der Waals surface area contributed by atoms with Gasteiger partial charge >= 0.3 is 0 Å². The summed E-state index contributed by atoms with van der Waals surface area (Å²) < 4.78 is 1.92. The van der Waals surface area contributed by atoms with Crippen LogP contribution in [-0.2, 0) is 0 Å².